The number of rotatable bonds is 8. The molecule has 4 rings (SSSR count). The first-order valence-corrected chi connectivity index (χ1v) is 12.4. The maximum Gasteiger partial charge on any atom is 0.262 e. The lowest BCUT2D eigenvalue weighted by Gasteiger charge is -2.19. The Morgan fingerprint density at radius 1 is 0.886 bits per heavy atom. The molecule has 3 aromatic rings. The van der Waals surface area contributed by atoms with Crippen molar-refractivity contribution in [1.29, 1.82) is 0 Å². The highest BCUT2D eigenvalue weighted by Gasteiger charge is 2.20. The highest BCUT2D eigenvalue weighted by atomic mass is 32.2. The van der Waals surface area contributed by atoms with Crippen LogP contribution in [0.1, 0.15) is 24.2 Å². The van der Waals surface area contributed by atoms with Gasteiger partial charge in [-0.2, -0.15) is 0 Å². The minimum Gasteiger partial charge on any atom is -0.493 e. The van der Waals surface area contributed by atoms with E-state index in [1.165, 1.54) is 19.2 Å². The van der Waals surface area contributed by atoms with E-state index < -0.39 is 10.0 Å². The molecule has 0 radical (unpaired) electrons. The number of carbonyl (C=O) groups excluding carboxylic acids is 1. The summed E-state index contributed by atoms with van der Waals surface area (Å²) in [7, 11) is -2.34. The molecule has 35 heavy (non-hydrogen) atoms. The van der Waals surface area contributed by atoms with Crippen LogP contribution >= 0.6 is 0 Å². The fraction of sp³-hybridized carbons (Fsp3) is 0.240. The molecule has 0 spiro atoms. The van der Waals surface area contributed by atoms with Gasteiger partial charge < -0.3 is 24.3 Å². The molecule has 0 saturated carbocycles. The maximum atomic E-state index is 12.8. The van der Waals surface area contributed by atoms with Crippen molar-refractivity contribution in [3.8, 4) is 23.0 Å². The van der Waals surface area contributed by atoms with Gasteiger partial charge in [-0.05, 0) is 68.4 Å². The van der Waals surface area contributed by atoms with E-state index in [0.29, 0.717) is 53.2 Å². The number of ether oxygens (including phenoxy) is 4. The summed E-state index contributed by atoms with van der Waals surface area (Å²) < 4.78 is 50.0. The highest BCUT2D eigenvalue weighted by molar-refractivity contribution is 7.92. The molecule has 2 N–H and O–H groups in total. The molecule has 3 aromatic carbocycles. The second-order valence-corrected chi connectivity index (χ2v) is 9.66. The molecule has 0 unspecified atom stereocenters. The smallest absolute Gasteiger partial charge is 0.262 e. The summed E-state index contributed by atoms with van der Waals surface area (Å²) in [5, 5.41) is 2.78. The molecule has 1 heterocycles. The molecule has 0 bridgehead atoms. The third-order valence-corrected chi connectivity index (χ3v) is 6.39. The first-order valence-electron chi connectivity index (χ1n) is 10.9. The number of anilines is 2. The second-order valence-electron chi connectivity index (χ2n) is 7.97. The number of benzene rings is 3. The molecule has 1 aliphatic heterocycles. The molecule has 0 atom stereocenters. The van der Waals surface area contributed by atoms with E-state index in [0.717, 1.165) is 0 Å². The predicted molar refractivity (Wildman–Crippen MR) is 131 cm³/mol. The first-order chi connectivity index (χ1) is 16.7. The van der Waals surface area contributed by atoms with Gasteiger partial charge in [-0.1, -0.05) is 0 Å². The van der Waals surface area contributed by atoms with Crippen molar-refractivity contribution in [3.63, 3.8) is 0 Å². The summed E-state index contributed by atoms with van der Waals surface area (Å²) in [5.74, 6) is 1.56. The molecule has 10 heteroatoms. The van der Waals surface area contributed by atoms with Crippen LogP contribution < -0.4 is 29.0 Å². The van der Waals surface area contributed by atoms with Crippen LogP contribution in [0.5, 0.6) is 23.0 Å². The van der Waals surface area contributed by atoms with E-state index in [-0.39, 0.29) is 16.9 Å². The third-order valence-electron chi connectivity index (χ3n) is 5.01. The topological polar surface area (TPSA) is 112 Å². The van der Waals surface area contributed by atoms with Crippen LogP contribution in [0, 0.1) is 0 Å². The van der Waals surface area contributed by atoms with Crippen molar-refractivity contribution in [2.75, 3.05) is 30.4 Å². The van der Waals surface area contributed by atoms with Gasteiger partial charge in [0.15, 0.2) is 23.0 Å². The molecule has 0 fully saturated rings. The average molecular weight is 499 g/mol. The lowest BCUT2D eigenvalue weighted by atomic mass is 10.1. The molecule has 184 valence electrons. The Hall–Kier alpha value is -3.92. The summed E-state index contributed by atoms with van der Waals surface area (Å²) in [6, 6.07) is 15.7. The summed E-state index contributed by atoms with van der Waals surface area (Å²) in [6.07, 6.45) is -0.0332. The normalized spacial score (nSPS) is 12.7. The quantitative estimate of drug-likeness (QED) is 0.476. The molecule has 0 aromatic heterocycles. The van der Waals surface area contributed by atoms with Crippen molar-refractivity contribution in [2.45, 2.75) is 24.8 Å². The molecular weight excluding hydrogens is 472 g/mol. The Morgan fingerprint density at radius 3 is 2.26 bits per heavy atom. The standard InChI is InChI=1S/C25H26N2O7S/c1-16(2)34-22-10-4-17(14-23(22)31-3)25(28)26-18-5-7-19(8-6-18)27-35(29,30)20-9-11-21-24(15-20)33-13-12-32-21/h4-11,14-16,27H,12-13H2,1-3H3,(H,26,28). The molecule has 0 aliphatic carbocycles. The van der Waals surface area contributed by atoms with Gasteiger partial charge in [-0.25, -0.2) is 8.42 Å². The minimum atomic E-state index is -3.84. The van der Waals surface area contributed by atoms with Gasteiger partial charge in [0.05, 0.1) is 18.1 Å². The van der Waals surface area contributed by atoms with Crippen LogP contribution in [-0.4, -0.2) is 40.8 Å². The lowest BCUT2D eigenvalue weighted by Crippen LogP contribution is -2.17. The number of amides is 1. The van der Waals surface area contributed by atoms with Gasteiger partial charge in [0, 0.05) is 23.0 Å². The zero-order valence-corrected chi connectivity index (χ0v) is 20.3. The van der Waals surface area contributed by atoms with Gasteiger partial charge in [-0.3, -0.25) is 9.52 Å². The van der Waals surface area contributed by atoms with Gasteiger partial charge in [0.25, 0.3) is 15.9 Å². The van der Waals surface area contributed by atoms with E-state index in [9.17, 15) is 13.2 Å². The molecule has 1 amide bonds. The van der Waals surface area contributed by atoms with Crippen molar-refractivity contribution in [2.24, 2.45) is 0 Å². The van der Waals surface area contributed by atoms with Crippen LogP contribution in [0.15, 0.2) is 65.6 Å². The van der Waals surface area contributed by atoms with E-state index in [1.807, 2.05) is 13.8 Å². The van der Waals surface area contributed by atoms with Gasteiger partial charge in [0.2, 0.25) is 0 Å². The Bertz CT molecular complexity index is 1320. The number of nitrogens with one attached hydrogen (secondary N) is 2. The number of sulfonamides is 1. The number of fused-ring (bicyclic) bond motifs is 1. The number of hydrogen-bond donors (Lipinski definition) is 2. The zero-order valence-electron chi connectivity index (χ0n) is 19.5. The van der Waals surface area contributed by atoms with Crippen molar-refractivity contribution in [1.82, 2.24) is 0 Å². The number of methoxy groups -OCH3 is 1. The molecular formula is C25H26N2O7S. The van der Waals surface area contributed by atoms with E-state index in [1.54, 1.807) is 48.5 Å². The summed E-state index contributed by atoms with van der Waals surface area (Å²) in [5.41, 5.74) is 1.23. The summed E-state index contributed by atoms with van der Waals surface area (Å²) in [6.45, 7) is 4.59. The highest BCUT2D eigenvalue weighted by Crippen LogP contribution is 2.33. The largest absolute Gasteiger partial charge is 0.493 e. The fourth-order valence-electron chi connectivity index (χ4n) is 3.39. The van der Waals surface area contributed by atoms with Gasteiger partial charge in [-0.15, -0.1) is 0 Å². The van der Waals surface area contributed by atoms with Crippen LogP contribution in [-0.2, 0) is 10.0 Å². The van der Waals surface area contributed by atoms with E-state index >= 15 is 0 Å². The minimum absolute atomic E-state index is 0.0332. The van der Waals surface area contributed by atoms with Crippen molar-refractivity contribution in [3.05, 3.63) is 66.2 Å². The molecule has 9 nitrogen and oxygen atoms in total. The van der Waals surface area contributed by atoms with Gasteiger partial charge in [0.1, 0.15) is 13.2 Å². The van der Waals surface area contributed by atoms with Crippen LogP contribution in [0.4, 0.5) is 11.4 Å². The summed E-state index contributed by atoms with van der Waals surface area (Å²) in [4.78, 5) is 12.7. The predicted octanol–water partition coefficient (Wildman–Crippen LogP) is 4.31. The monoisotopic (exact) mass is 498 g/mol. The van der Waals surface area contributed by atoms with E-state index in [2.05, 4.69) is 10.0 Å². The number of hydrogen-bond acceptors (Lipinski definition) is 7. The Labute approximate surface area is 204 Å². The number of carbonyl (C=O) groups is 1. The Morgan fingerprint density at radius 2 is 1.57 bits per heavy atom. The molecule has 0 saturated heterocycles. The van der Waals surface area contributed by atoms with Crippen LogP contribution in [0.3, 0.4) is 0 Å². The maximum absolute atomic E-state index is 12.8. The zero-order chi connectivity index (χ0) is 25.0. The Kier molecular flexibility index (Phi) is 7.02. The van der Waals surface area contributed by atoms with Crippen molar-refractivity contribution >= 4 is 27.3 Å². The Balaban J connectivity index is 1.43. The third kappa shape index (κ3) is 5.78. The van der Waals surface area contributed by atoms with E-state index in [4.69, 9.17) is 18.9 Å². The first kappa shape index (κ1) is 24.2. The van der Waals surface area contributed by atoms with Gasteiger partial charge >= 0.3 is 0 Å². The van der Waals surface area contributed by atoms with Crippen LogP contribution in [0.25, 0.3) is 0 Å². The molecule has 1 aliphatic rings. The van der Waals surface area contributed by atoms with Crippen LogP contribution in [0.2, 0.25) is 0 Å². The fourth-order valence-corrected chi connectivity index (χ4v) is 4.46. The summed E-state index contributed by atoms with van der Waals surface area (Å²) >= 11 is 0. The lowest BCUT2D eigenvalue weighted by molar-refractivity contribution is 0.102. The SMILES string of the molecule is COc1cc(C(=O)Nc2ccc(NS(=O)(=O)c3ccc4c(c3)OCCO4)cc2)ccc1OC(C)C. The second kappa shape index (κ2) is 10.1. The average Bonchev–Trinajstić information content (AvgIpc) is 2.84. The van der Waals surface area contributed by atoms with Crippen molar-refractivity contribution < 1.29 is 32.2 Å².